The Morgan fingerprint density at radius 3 is 2.67 bits per heavy atom. The summed E-state index contributed by atoms with van der Waals surface area (Å²) in [5, 5.41) is 4.35. The highest BCUT2D eigenvalue weighted by molar-refractivity contribution is 7.15. The Morgan fingerprint density at radius 2 is 1.97 bits per heavy atom. The van der Waals surface area contributed by atoms with Crippen LogP contribution in [-0.4, -0.2) is 33.3 Å². The summed E-state index contributed by atoms with van der Waals surface area (Å²) in [6.45, 7) is 4.95. The maximum Gasteiger partial charge on any atom is 0.291 e. The molecule has 0 aliphatic heterocycles. The second kappa shape index (κ2) is 8.62. The van der Waals surface area contributed by atoms with Crippen molar-refractivity contribution in [2.45, 2.75) is 20.3 Å². The maximum absolute atomic E-state index is 12.8. The molecule has 0 fully saturated rings. The van der Waals surface area contributed by atoms with Gasteiger partial charge in [0.15, 0.2) is 17.3 Å². The first-order valence-corrected chi connectivity index (χ1v) is 10.5. The lowest BCUT2D eigenvalue weighted by Crippen LogP contribution is -2.23. The van der Waals surface area contributed by atoms with E-state index in [1.54, 1.807) is 19.5 Å². The topological polar surface area (TPSA) is 78.6 Å². The molecule has 0 saturated heterocycles. The van der Waals surface area contributed by atoms with Crippen LogP contribution in [0.2, 0.25) is 0 Å². The van der Waals surface area contributed by atoms with Crippen LogP contribution in [0.15, 0.2) is 47.5 Å². The summed E-state index contributed by atoms with van der Waals surface area (Å²) in [4.78, 5) is 21.8. The summed E-state index contributed by atoms with van der Waals surface area (Å²) in [6.07, 6.45) is 6.13. The molecule has 7 nitrogen and oxygen atoms in total. The average molecular weight is 423 g/mol. The molecule has 30 heavy (non-hydrogen) atoms. The number of hydrogen-bond acceptors (Lipinski definition) is 7. The molecule has 0 bridgehead atoms. The van der Waals surface area contributed by atoms with Crippen LogP contribution in [0.25, 0.3) is 22.4 Å². The van der Waals surface area contributed by atoms with E-state index in [0.29, 0.717) is 39.3 Å². The first-order valence-electron chi connectivity index (χ1n) is 9.67. The minimum atomic E-state index is -0.195. The fourth-order valence-corrected chi connectivity index (χ4v) is 3.81. The lowest BCUT2D eigenvalue weighted by atomic mass is 10.1. The van der Waals surface area contributed by atoms with Crippen LogP contribution in [0.5, 0.6) is 11.5 Å². The molecule has 0 N–H and O–H groups in total. The zero-order valence-corrected chi connectivity index (χ0v) is 17.8. The molecule has 0 atom stereocenters. The van der Waals surface area contributed by atoms with E-state index in [4.69, 9.17) is 9.47 Å². The van der Waals surface area contributed by atoms with E-state index in [-0.39, 0.29) is 5.56 Å². The van der Waals surface area contributed by atoms with Gasteiger partial charge in [-0.2, -0.15) is 9.50 Å². The third kappa shape index (κ3) is 4.18. The molecule has 3 heterocycles. The van der Waals surface area contributed by atoms with E-state index in [0.717, 1.165) is 17.5 Å². The Bertz CT molecular complexity index is 1270. The molecule has 0 aliphatic rings. The first-order chi connectivity index (χ1) is 14.5. The Hall–Kier alpha value is -3.26. The highest BCUT2D eigenvalue weighted by Gasteiger charge is 2.12. The van der Waals surface area contributed by atoms with E-state index < -0.39 is 0 Å². The Kier molecular flexibility index (Phi) is 5.76. The van der Waals surface area contributed by atoms with Crippen LogP contribution in [0.1, 0.15) is 25.8 Å². The number of methoxy groups -OCH3 is 1. The SMILES string of the molecule is COc1cc(/C=c2/sc3nc(-c4ccncc4)nn3c2=O)ccc1OCCC(C)C. The Balaban J connectivity index is 1.63. The van der Waals surface area contributed by atoms with Crippen molar-refractivity contribution in [3.05, 3.63) is 63.2 Å². The highest BCUT2D eigenvalue weighted by Crippen LogP contribution is 2.28. The van der Waals surface area contributed by atoms with Crippen LogP contribution in [0.3, 0.4) is 0 Å². The molecule has 0 saturated carbocycles. The molecule has 4 rings (SSSR count). The largest absolute Gasteiger partial charge is 0.493 e. The van der Waals surface area contributed by atoms with Gasteiger partial charge in [0.2, 0.25) is 4.96 Å². The van der Waals surface area contributed by atoms with Crippen molar-refractivity contribution in [1.82, 2.24) is 19.6 Å². The second-order valence-electron chi connectivity index (χ2n) is 7.22. The van der Waals surface area contributed by atoms with Gasteiger partial charge in [0.1, 0.15) is 0 Å². The standard InChI is InChI=1S/C22H22N4O3S/c1-14(2)8-11-29-17-5-4-15(12-18(17)28-3)13-19-21(27)26-22(30-19)24-20(25-26)16-6-9-23-10-7-16/h4-7,9-10,12-14H,8,11H2,1-3H3/b19-13+. The van der Waals surface area contributed by atoms with Crippen LogP contribution < -0.4 is 19.6 Å². The summed E-state index contributed by atoms with van der Waals surface area (Å²) in [5.74, 6) is 2.42. The van der Waals surface area contributed by atoms with Crippen molar-refractivity contribution in [3.63, 3.8) is 0 Å². The quantitative estimate of drug-likeness (QED) is 0.455. The molecule has 4 aromatic rings. The summed E-state index contributed by atoms with van der Waals surface area (Å²) in [5.41, 5.74) is 1.47. The number of rotatable bonds is 7. The number of ether oxygens (including phenoxy) is 2. The van der Waals surface area contributed by atoms with Crippen molar-refractivity contribution >= 4 is 22.4 Å². The zero-order valence-electron chi connectivity index (χ0n) is 17.0. The lowest BCUT2D eigenvalue weighted by Gasteiger charge is -2.12. The van der Waals surface area contributed by atoms with Crippen molar-refractivity contribution in [3.8, 4) is 22.9 Å². The predicted molar refractivity (Wildman–Crippen MR) is 117 cm³/mol. The molecule has 1 aromatic carbocycles. The monoisotopic (exact) mass is 422 g/mol. The van der Waals surface area contributed by atoms with Crippen molar-refractivity contribution in [2.24, 2.45) is 5.92 Å². The molecule has 0 spiro atoms. The third-order valence-electron chi connectivity index (χ3n) is 4.56. The molecular formula is C22H22N4O3S. The van der Waals surface area contributed by atoms with Gasteiger partial charge in [0, 0.05) is 18.0 Å². The molecule has 0 amide bonds. The minimum Gasteiger partial charge on any atom is -0.493 e. The van der Waals surface area contributed by atoms with E-state index in [1.165, 1.54) is 15.9 Å². The number of pyridine rings is 1. The Morgan fingerprint density at radius 1 is 1.17 bits per heavy atom. The zero-order chi connectivity index (χ0) is 21.1. The lowest BCUT2D eigenvalue weighted by molar-refractivity contribution is 0.273. The van der Waals surface area contributed by atoms with Crippen LogP contribution in [0, 0.1) is 5.92 Å². The van der Waals surface area contributed by atoms with E-state index in [2.05, 4.69) is 28.9 Å². The van der Waals surface area contributed by atoms with Gasteiger partial charge in [-0.25, -0.2) is 0 Å². The highest BCUT2D eigenvalue weighted by atomic mass is 32.1. The molecule has 8 heteroatoms. The van der Waals surface area contributed by atoms with E-state index in [1.807, 2.05) is 36.4 Å². The number of benzene rings is 1. The number of aromatic nitrogens is 4. The van der Waals surface area contributed by atoms with Gasteiger partial charge >= 0.3 is 0 Å². The summed E-state index contributed by atoms with van der Waals surface area (Å²) in [6, 6.07) is 9.27. The molecule has 3 aromatic heterocycles. The van der Waals surface area contributed by atoms with Crippen LogP contribution >= 0.6 is 11.3 Å². The molecular weight excluding hydrogens is 400 g/mol. The molecule has 0 aliphatic carbocycles. The first kappa shape index (κ1) is 20.0. The van der Waals surface area contributed by atoms with Gasteiger partial charge in [-0.3, -0.25) is 9.78 Å². The minimum absolute atomic E-state index is 0.195. The van der Waals surface area contributed by atoms with Gasteiger partial charge in [0.25, 0.3) is 5.56 Å². The summed E-state index contributed by atoms with van der Waals surface area (Å²) in [7, 11) is 1.61. The molecule has 0 radical (unpaired) electrons. The fourth-order valence-electron chi connectivity index (χ4n) is 2.91. The van der Waals surface area contributed by atoms with Gasteiger partial charge in [-0.15, -0.1) is 5.10 Å². The van der Waals surface area contributed by atoms with E-state index in [9.17, 15) is 4.79 Å². The van der Waals surface area contributed by atoms with Crippen LogP contribution in [0.4, 0.5) is 0 Å². The van der Waals surface area contributed by atoms with Gasteiger partial charge in [-0.05, 0) is 48.2 Å². The van der Waals surface area contributed by atoms with Gasteiger partial charge < -0.3 is 9.47 Å². The average Bonchev–Trinajstić information content (AvgIpc) is 3.29. The smallest absolute Gasteiger partial charge is 0.291 e. The van der Waals surface area contributed by atoms with Gasteiger partial charge in [0.05, 0.1) is 18.2 Å². The number of fused-ring (bicyclic) bond motifs is 1. The van der Waals surface area contributed by atoms with E-state index >= 15 is 0 Å². The third-order valence-corrected chi connectivity index (χ3v) is 5.52. The number of hydrogen-bond donors (Lipinski definition) is 0. The van der Waals surface area contributed by atoms with Gasteiger partial charge in [-0.1, -0.05) is 31.3 Å². The summed E-state index contributed by atoms with van der Waals surface area (Å²) >= 11 is 1.30. The summed E-state index contributed by atoms with van der Waals surface area (Å²) < 4.78 is 13.2. The van der Waals surface area contributed by atoms with Crippen molar-refractivity contribution in [2.75, 3.05) is 13.7 Å². The maximum atomic E-state index is 12.8. The molecule has 154 valence electrons. The van der Waals surface area contributed by atoms with Crippen LogP contribution in [-0.2, 0) is 0 Å². The normalized spacial score (nSPS) is 12.1. The Labute approximate surface area is 177 Å². The predicted octanol–water partition coefficient (Wildman–Crippen LogP) is 3.19. The van der Waals surface area contributed by atoms with Crippen molar-refractivity contribution in [1.29, 1.82) is 0 Å². The second-order valence-corrected chi connectivity index (χ2v) is 8.23. The molecule has 0 unspecified atom stereocenters. The number of thiazole rings is 1. The fraction of sp³-hybridized carbons (Fsp3) is 0.273. The van der Waals surface area contributed by atoms with Crippen molar-refractivity contribution < 1.29 is 9.47 Å². The number of nitrogens with zero attached hydrogens (tertiary/aromatic N) is 4.